The molecule has 0 saturated heterocycles. The molecule has 1 heterocycles. The van der Waals surface area contributed by atoms with Crippen molar-refractivity contribution in [2.24, 2.45) is 5.73 Å². The number of sulfonamides is 1. The minimum atomic E-state index is -3.45. The van der Waals surface area contributed by atoms with E-state index in [-0.39, 0.29) is 12.1 Å². The van der Waals surface area contributed by atoms with Crippen LogP contribution < -0.4 is 15.2 Å². The van der Waals surface area contributed by atoms with Gasteiger partial charge in [-0.1, -0.05) is 12.8 Å². The van der Waals surface area contributed by atoms with E-state index >= 15 is 0 Å². The Hall–Kier alpha value is -1.11. The van der Waals surface area contributed by atoms with Crippen LogP contribution in [0.2, 0.25) is 0 Å². The van der Waals surface area contributed by atoms with Crippen LogP contribution in [0.1, 0.15) is 36.8 Å². The number of hydrogen-bond donors (Lipinski definition) is 2. The normalized spacial score (nSPS) is 22.3. The molecule has 0 bridgehead atoms. The van der Waals surface area contributed by atoms with Gasteiger partial charge < -0.3 is 10.5 Å². The number of aryl methyl sites for hydroxylation is 1. The van der Waals surface area contributed by atoms with Gasteiger partial charge in [0.25, 0.3) is 0 Å². The van der Waals surface area contributed by atoms with Crippen molar-refractivity contribution in [1.82, 2.24) is 4.72 Å². The summed E-state index contributed by atoms with van der Waals surface area (Å²) in [5.41, 5.74) is 7.44. The molecule has 0 radical (unpaired) electrons. The summed E-state index contributed by atoms with van der Waals surface area (Å²) in [6.07, 6.45) is 4.70. The summed E-state index contributed by atoms with van der Waals surface area (Å²) >= 11 is 0. The molecule has 6 heteroatoms. The fraction of sp³-hybridized carbons (Fsp3) is 0.600. The van der Waals surface area contributed by atoms with Gasteiger partial charge in [0.2, 0.25) is 10.0 Å². The Bertz CT molecular complexity index is 637. The second-order valence-corrected chi connectivity index (χ2v) is 7.72. The van der Waals surface area contributed by atoms with Crippen LogP contribution in [0.25, 0.3) is 0 Å². The molecule has 1 aromatic rings. The van der Waals surface area contributed by atoms with Gasteiger partial charge in [0.1, 0.15) is 11.9 Å². The van der Waals surface area contributed by atoms with Crippen molar-refractivity contribution >= 4 is 10.0 Å². The average Bonchev–Trinajstić information content (AvgIpc) is 3.06. The van der Waals surface area contributed by atoms with Crippen LogP contribution in [-0.4, -0.2) is 27.1 Å². The zero-order valence-corrected chi connectivity index (χ0v) is 13.1. The van der Waals surface area contributed by atoms with Crippen molar-refractivity contribution in [3.63, 3.8) is 0 Å². The van der Waals surface area contributed by atoms with E-state index in [1.165, 1.54) is 0 Å². The fourth-order valence-electron chi connectivity index (χ4n) is 3.20. The molecule has 3 N–H and O–H groups in total. The van der Waals surface area contributed by atoms with E-state index in [1.807, 2.05) is 6.92 Å². The first-order valence-corrected chi connectivity index (χ1v) is 9.00. The summed E-state index contributed by atoms with van der Waals surface area (Å²) in [7, 11) is -3.45. The van der Waals surface area contributed by atoms with Crippen molar-refractivity contribution in [3.05, 3.63) is 23.3 Å². The van der Waals surface area contributed by atoms with Gasteiger partial charge in [-0.3, -0.25) is 0 Å². The summed E-state index contributed by atoms with van der Waals surface area (Å²) in [4.78, 5) is 0.340. The molecule has 0 spiro atoms. The quantitative estimate of drug-likeness (QED) is 0.882. The number of rotatable bonds is 4. The molecule has 3 rings (SSSR count). The van der Waals surface area contributed by atoms with Crippen LogP contribution in [0.4, 0.5) is 0 Å². The van der Waals surface area contributed by atoms with Gasteiger partial charge in [-0.25, -0.2) is 13.1 Å². The number of ether oxygens (including phenoxy) is 1. The molecule has 1 fully saturated rings. The standard InChI is InChI=1S/C15H22N2O3S/c1-10-6-14(8-11-7-13(9-16)20-15(10)11)21(18,19)17-12-4-2-3-5-12/h6,8,12-13,17H,2-5,7,9,16H2,1H3. The zero-order chi connectivity index (χ0) is 15.0. The van der Waals surface area contributed by atoms with Crippen LogP contribution in [-0.2, 0) is 16.4 Å². The lowest BCUT2D eigenvalue weighted by atomic mass is 10.1. The Kier molecular flexibility index (Phi) is 3.94. The Labute approximate surface area is 125 Å². The first kappa shape index (κ1) is 14.8. The van der Waals surface area contributed by atoms with E-state index in [9.17, 15) is 8.42 Å². The van der Waals surface area contributed by atoms with Crippen molar-refractivity contribution in [3.8, 4) is 5.75 Å². The highest BCUT2D eigenvalue weighted by molar-refractivity contribution is 7.89. The SMILES string of the molecule is Cc1cc(S(=O)(=O)NC2CCCC2)cc2c1OC(CN)C2. The van der Waals surface area contributed by atoms with Crippen LogP contribution in [0.5, 0.6) is 5.75 Å². The maximum Gasteiger partial charge on any atom is 0.240 e. The summed E-state index contributed by atoms with van der Waals surface area (Å²) in [5, 5.41) is 0. The Morgan fingerprint density at radius 3 is 2.71 bits per heavy atom. The number of nitrogens with one attached hydrogen (secondary N) is 1. The second kappa shape index (κ2) is 5.59. The van der Waals surface area contributed by atoms with E-state index < -0.39 is 10.0 Å². The van der Waals surface area contributed by atoms with Gasteiger partial charge in [0, 0.05) is 19.0 Å². The minimum Gasteiger partial charge on any atom is -0.488 e. The molecule has 1 atom stereocenters. The maximum absolute atomic E-state index is 12.5. The molecule has 1 aromatic carbocycles. The molecule has 1 saturated carbocycles. The lowest BCUT2D eigenvalue weighted by Crippen LogP contribution is -2.32. The third kappa shape index (κ3) is 2.93. The van der Waals surface area contributed by atoms with Gasteiger partial charge in [-0.2, -0.15) is 0 Å². The first-order chi connectivity index (χ1) is 9.99. The number of nitrogens with two attached hydrogens (primary N) is 1. The lowest BCUT2D eigenvalue weighted by molar-refractivity contribution is 0.240. The van der Waals surface area contributed by atoms with E-state index in [0.717, 1.165) is 42.6 Å². The zero-order valence-electron chi connectivity index (χ0n) is 12.3. The third-order valence-electron chi connectivity index (χ3n) is 4.31. The second-order valence-electron chi connectivity index (χ2n) is 6.01. The van der Waals surface area contributed by atoms with Crippen LogP contribution in [0.15, 0.2) is 17.0 Å². The van der Waals surface area contributed by atoms with Gasteiger partial charge >= 0.3 is 0 Å². The Balaban J connectivity index is 1.88. The molecule has 0 amide bonds. The Morgan fingerprint density at radius 1 is 1.33 bits per heavy atom. The highest BCUT2D eigenvalue weighted by Crippen LogP contribution is 2.34. The average molecular weight is 310 g/mol. The van der Waals surface area contributed by atoms with Crippen LogP contribution in [0, 0.1) is 6.92 Å². The Morgan fingerprint density at radius 2 is 2.05 bits per heavy atom. The van der Waals surface area contributed by atoms with Gasteiger partial charge in [-0.05, 0) is 43.0 Å². The van der Waals surface area contributed by atoms with Crippen LogP contribution in [0.3, 0.4) is 0 Å². The highest BCUT2D eigenvalue weighted by atomic mass is 32.2. The molecule has 5 nitrogen and oxygen atoms in total. The predicted octanol–water partition coefficient (Wildman–Crippen LogP) is 1.48. The van der Waals surface area contributed by atoms with Crippen molar-refractivity contribution < 1.29 is 13.2 Å². The molecule has 2 aliphatic rings. The van der Waals surface area contributed by atoms with Crippen molar-refractivity contribution in [1.29, 1.82) is 0 Å². The van der Waals surface area contributed by atoms with E-state index in [4.69, 9.17) is 10.5 Å². The molecule has 1 aliphatic carbocycles. The highest BCUT2D eigenvalue weighted by Gasteiger charge is 2.28. The largest absolute Gasteiger partial charge is 0.488 e. The van der Waals surface area contributed by atoms with Gasteiger partial charge in [0.15, 0.2) is 0 Å². The number of benzene rings is 1. The predicted molar refractivity (Wildman–Crippen MR) is 80.9 cm³/mol. The summed E-state index contributed by atoms with van der Waals surface area (Å²) < 4.78 is 33.6. The molecular formula is C15H22N2O3S. The summed E-state index contributed by atoms with van der Waals surface area (Å²) in [6, 6.07) is 3.50. The van der Waals surface area contributed by atoms with E-state index in [1.54, 1.807) is 12.1 Å². The number of hydrogen-bond acceptors (Lipinski definition) is 4. The number of fused-ring (bicyclic) bond motifs is 1. The minimum absolute atomic E-state index is 0.0422. The molecule has 116 valence electrons. The van der Waals surface area contributed by atoms with Gasteiger partial charge in [0.05, 0.1) is 4.90 Å². The van der Waals surface area contributed by atoms with Gasteiger partial charge in [-0.15, -0.1) is 0 Å². The summed E-state index contributed by atoms with van der Waals surface area (Å²) in [6.45, 7) is 2.32. The van der Waals surface area contributed by atoms with Crippen molar-refractivity contribution in [2.75, 3.05) is 6.54 Å². The maximum atomic E-state index is 12.5. The van der Waals surface area contributed by atoms with E-state index in [2.05, 4.69) is 4.72 Å². The monoisotopic (exact) mass is 310 g/mol. The first-order valence-electron chi connectivity index (χ1n) is 7.52. The third-order valence-corrected chi connectivity index (χ3v) is 5.81. The topological polar surface area (TPSA) is 81.4 Å². The molecule has 1 aliphatic heterocycles. The fourth-order valence-corrected chi connectivity index (χ4v) is 4.64. The van der Waals surface area contributed by atoms with Crippen molar-refractivity contribution in [2.45, 2.75) is 56.1 Å². The smallest absolute Gasteiger partial charge is 0.240 e. The van der Waals surface area contributed by atoms with E-state index in [0.29, 0.717) is 17.9 Å². The lowest BCUT2D eigenvalue weighted by Gasteiger charge is -2.14. The van der Waals surface area contributed by atoms with Crippen LogP contribution >= 0.6 is 0 Å². The molecule has 21 heavy (non-hydrogen) atoms. The molecule has 0 aromatic heterocycles. The molecule has 1 unspecified atom stereocenters. The summed E-state index contributed by atoms with van der Waals surface area (Å²) in [5.74, 6) is 0.797. The molecular weight excluding hydrogens is 288 g/mol.